The lowest BCUT2D eigenvalue weighted by Gasteiger charge is -2.26. The third kappa shape index (κ3) is 5.17. The van der Waals surface area contributed by atoms with Gasteiger partial charge in [0.25, 0.3) is 17.5 Å². The van der Waals surface area contributed by atoms with Crippen LogP contribution in [0.4, 0.5) is 16.2 Å². The number of nitro benzene ring substituents is 1. The molecule has 3 aromatic rings. The molecule has 1 saturated heterocycles. The zero-order valence-electron chi connectivity index (χ0n) is 18.5. The number of methoxy groups -OCH3 is 1. The maximum absolute atomic E-state index is 13.0. The van der Waals surface area contributed by atoms with E-state index in [0.717, 1.165) is 4.90 Å². The summed E-state index contributed by atoms with van der Waals surface area (Å²) in [6, 6.07) is 18.1. The van der Waals surface area contributed by atoms with Crippen molar-refractivity contribution in [3.63, 3.8) is 0 Å². The van der Waals surface area contributed by atoms with Gasteiger partial charge in [-0.05, 0) is 53.6 Å². The molecule has 0 atom stereocenters. The minimum absolute atomic E-state index is 0.0225. The highest BCUT2D eigenvalue weighted by Gasteiger charge is 2.36. The molecule has 4 amide bonds. The van der Waals surface area contributed by atoms with E-state index in [-0.39, 0.29) is 23.6 Å². The standard InChI is InChI=1S/C25H19N3O7/c1-34-20-11-7-18(8-12-20)27-24(30)22(23(29)26-25(27)31)14-16-5-9-21(10-6-16)35-15-17-3-2-4-19(13-17)28(32)33/h2-14H,15H2,1H3,(H,26,29,31)/b22-14+. The first kappa shape index (κ1) is 23.2. The number of anilines is 1. The molecule has 1 aliphatic heterocycles. The number of nitrogens with one attached hydrogen (secondary N) is 1. The van der Waals surface area contributed by atoms with Gasteiger partial charge in [-0.25, -0.2) is 9.69 Å². The number of carbonyl (C=O) groups excluding carboxylic acids is 3. The first-order valence-corrected chi connectivity index (χ1v) is 10.4. The van der Waals surface area contributed by atoms with Gasteiger partial charge >= 0.3 is 6.03 Å². The lowest BCUT2D eigenvalue weighted by molar-refractivity contribution is -0.384. The molecule has 10 heteroatoms. The third-order valence-corrected chi connectivity index (χ3v) is 5.15. The summed E-state index contributed by atoms with van der Waals surface area (Å²) in [5, 5.41) is 13.1. The number of imide groups is 2. The maximum atomic E-state index is 13.0. The minimum atomic E-state index is -0.841. The second-order valence-corrected chi connectivity index (χ2v) is 7.44. The summed E-state index contributed by atoms with van der Waals surface area (Å²) in [4.78, 5) is 49.0. The van der Waals surface area contributed by atoms with E-state index in [1.54, 1.807) is 48.5 Å². The number of hydrogen-bond donors (Lipinski definition) is 1. The predicted octanol–water partition coefficient (Wildman–Crippen LogP) is 3.85. The molecule has 1 heterocycles. The molecule has 35 heavy (non-hydrogen) atoms. The average Bonchev–Trinajstić information content (AvgIpc) is 2.86. The SMILES string of the molecule is COc1ccc(N2C(=O)NC(=O)/C(=C\c3ccc(OCc4cccc([N+](=O)[O-])c4)cc3)C2=O)cc1. The van der Waals surface area contributed by atoms with Crippen LogP contribution in [0.5, 0.6) is 11.5 Å². The largest absolute Gasteiger partial charge is 0.497 e. The van der Waals surface area contributed by atoms with E-state index >= 15 is 0 Å². The number of carbonyl (C=O) groups is 3. The van der Waals surface area contributed by atoms with Crippen molar-refractivity contribution in [3.8, 4) is 11.5 Å². The number of non-ortho nitro benzene ring substituents is 1. The van der Waals surface area contributed by atoms with Crippen molar-refractivity contribution in [2.75, 3.05) is 12.0 Å². The van der Waals surface area contributed by atoms with Crippen molar-refractivity contribution in [3.05, 3.63) is 99.6 Å². The molecule has 1 fully saturated rings. The molecule has 1 aliphatic rings. The number of nitrogens with zero attached hydrogens (tertiary/aromatic N) is 2. The predicted molar refractivity (Wildman–Crippen MR) is 126 cm³/mol. The minimum Gasteiger partial charge on any atom is -0.497 e. The van der Waals surface area contributed by atoms with Crippen molar-refractivity contribution in [2.24, 2.45) is 0 Å². The van der Waals surface area contributed by atoms with Gasteiger partial charge in [-0.2, -0.15) is 0 Å². The molecule has 0 aliphatic carbocycles. The van der Waals surface area contributed by atoms with Crippen molar-refractivity contribution in [2.45, 2.75) is 6.61 Å². The second-order valence-electron chi connectivity index (χ2n) is 7.44. The molecule has 4 rings (SSSR count). The highest BCUT2D eigenvalue weighted by Crippen LogP contribution is 2.25. The molecule has 0 radical (unpaired) electrons. The van der Waals surface area contributed by atoms with Crippen LogP contribution in [-0.4, -0.2) is 29.9 Å². The number of urea groups is 1. The highest BCUT2D eigenvalue weighted by molar-refractivity contribution is 6.39. The second kappa shape index (κ2) is 9.87. The Labute approximate surface area is 199 Å². The van der Waals surface area contributed by atoms with Gasteiger partial charge < -0.3 is 9.47 Å². The highest BCUT2D eigenvalue weighted by atomic mass is 16.6. The van der Waals surface area contributed by atoms with Crippen molar-refractivity contribution >= 4 is 35.3 Å². The summed E-state index contributed by atoms with van der Waals surface area (Å²) in [7, 11) is 1.50. The van der Waals surface area contributed by atoms with Crippen LogP contribution in [0.15, 0.2) is 78.4 Å². The van der Waals surface area contributed by atoms with E-state index in [1.807, 2.05) is 0 Å². The Kier molecular flexibility index (Phi) is 6.54. The molecule has 176 valence electrons. The van der Waals surface area contributed by atoms with Crippen molar-refractivity contribution < 1.29 is 28.8 Å². The molecule has 0 unspecified atom stereocenters. The Balaban J connectivity index is 1.49. The van der Waals surface area contributed by atoms with E-state index in [2.05, 4.69) is 5.32 Å². The molecule has 1 N–H and O–H groups in total. The first-order chi connectivity index (χ1) is 16.9. The van der Waals surface area contributed by atoms with Gasteiger partial charge in [-0.3, -0.25) is 25.0 Å². The molecular weight excluding hydrogens is 454 g/mol. The number of barbiturate groups is 1. The summed E-state index contributed by atoms with van der Waals surface area (Å²) in [5.74, 6) is -0.503. The van der Waals surface area contributed by atoms with Crippen LogP contribution in [-0.2, 0) is 16.2 Å². The number of nitro groups is 1. The molecule has 3 aromatic carbocycles. The van der Waals surface area contributed by atoms with E-state index in [4.69, 9.17) is 9.47 Å². The van der Waals surface area contributed by atoms with Gasteiger partial charge in [-0.15, -0.1) is 0 Å². The number of ether oxygens (including phenoxy) is 2. The number of hydrogen-bond acceptors (Lipinski definition) is 7. The van der Waals surface area contributed by atoms with Crippen LogP contribution in [0.3, 0.4) is 0 Å². The number of amides is 4. The van der Waals surface area contributed by atoms with Gasteiger partial charge in [0.2, 0.25) is 0 Å². The molecule has 0 saturated carbocycles. The average molecular weight is 473 g/mol. The van der Waals surface area contributed by atoms with Crippen LogP contribution in [0.1, 0.15) is 11.1 Å². The summed E-state index contributed by atoms with van der Waals surface area (Å²) in [6.45, 7) is 0.127. The van der Waals surface area contributed by atoms with Gasteiger partial charge in [-0.1, -0.05) is 24.3 Å². The Morgan fingerprint density at radius 2 is 1.66 bits per heavy atom. The van der Waals surface area contributed by atoms with E-state index in [9.17, 15) is 24.5 Å². The van der Waals surface area contributed by atoms with Crippen LogP contribution in [0.2, 0.25) is 0 Å². The molecular formula is C25H19N3O7. The molecule has 0 aromatic heterocycles. The fourth-order valence-corrected chi connectivity index (χ4v) is 3.38. The Hall–Kier alpha value is -4.99. The van der Waals surface area contributed by atoms with E-state index < -0.39 is 22.8 Å². The van der Waals surface area contributed by atoms with Crippen molar-refractivity contribution in [1.82, 2.24) is 5.32 Å². The summed E-state index contributed by atoms with van der Waals surface area (Å²) < 4.78 is 10.8. The Morgan fingerprint density at radius 3 is 2.31 bits per heavy atom. The third-order valence-electron chi connectivity index (χ3n) is 5.15. The van der Waals surface area contributed by atoms with Crippen LogP contribution >= 0.6 is 0 Å². The van der Waals surface area contributed by atoms with Gasteiger partial charge in [0, 0.05) is 12.1 Å². The Morgan fingerprint density at radius 1 is 0.971 bits per heavy atom. The number of benzene rings is 3. The normalized spacial score (nSPS) is 14.6. The van der Waals surface area contributed by atoms with Crippen molar-refractivity contribution in [1.29, 1.82) is 0 Å². The zero-order valence-corrected chi connectivity index (χ0v) is 18.5. The maximum Gasteiger partial charge on any atom is 0.335 e. The van der Waals surface area contributed by atoms with Crippen LogP contribution in [0, 0.1) is 10.1 Å². The quantitative estimate of drug-likeness (QED) is 0.239. The first-order valence-electron chi connectivity index (χ1n) is 10.4. The topological polar surface area (TPSA) is 128 Å². The molecule has 0 bridgehead atoms. The fourth-order valence-electron chi connectivity index (χ4n) is 3.38. The molecule has 0 spiro atoms. The summed E-state index contributed by atoms with van der Waals surface area (Å²) in [6.07, 6.45) is 1.38. The Bertz CT molecular complexity index is 1330. The monoisotopic (exact) mass is 473 g/mol. The van der Waals surface area contributed by atoms with Gasteiger partial charge in [0.1, 0.15) is 23.7 Å². The van der Waals surface area contributed by atoms with Gasteiger partial charge in [0.15, 0.2) is 0 Å². The fraction of sp³-hybridized carbons (Fsp3) is 0.0800. The van der Waals surface area contributed by atoms with Crippen LogP contribution < -0.4 is 19.7 Å². The van der Waals surface area contributed by atoms with E-state index in [1.165, 1.54) is 37.5 Å². The van der Waals surface area contributed by atoms with Gasteiger partial charge in [0.05, 0.1) is 17.7 Å². The summed E-state index contributed by atoms with van der Waals surface area (Å²) in [5.41, 5.74) is 1.24. The number of rotatable bonds is 7. The lowest BCUT2D eigenvalue weighted by atomic mass is 10.1. The smallest absolute Gasteiger partial charge is 0.335 e. The van der Waals surface area contributed by atoms with Crippen LogP contribution in [0.25, 0.3) is 6.08 Å². The molecule has 10 nitrogen and oxygen atoms in total. The lowest BCUT2D eigenvalue weighted by Crippen LogP contribution is -2.54. The zero-order chi connectivity index (χ0) is 24.9. The van der Waals surface area contributed by atoms with E-state index in [0.29, 0.717) is 22.6 Å². The summed E-state index contributed by atoms with van der Waals surface area (Å²) >= 11 is 0.